The summed E-state index contributed by atoms with van der Waals surface area (Å²) in [5, 5.41) is 9.44. The minimum Gasteiger partial charge on any atom is -0.469 e. The maximum absolute atomic E-state index is 14.8. The molecular formula is C38H62N2O4. The molecule has 248 valence electrons. The Balaban J connectivity index is 1.35. The second-order valence-electron chi connectivity index (χ2n) is 17.6. The molecule has 0 bridgehead atoms. The second kappa shape index (κ2) is 11.1. The van der Waals surface area contributed by atoms with E-state index in [1.54, 1.807) is 12.7 Å². The Morgan fingerprint density at radius 3 is 2.27 bits per heavy atom. The van der Waals surface area contributed by atoms with Crippen molar-refractivity contribution in [3.05, 3.63) is 11.6 Å². The monoisotopic (exact) mass is 610 g/mol. The maximum Gasteiger partial charge on any atom is 0.309 e. The fourth-order valence-corrected chi connectivity index (χ4v) is 13.1. The van der Waals surface area contributed by atoms with E-state index < -0.39 is 0 Å². The molecule has 1 aliphatic heterocycles. The van der Waals surface area contributed by atoms with Crippen LogP contribution in [-0.4, -0.2) is 73.2 Å². The van der Waals surface area contributed by atoms with Crippen molar-refractivity contribution in [2.24, 2.45) is 62.6 Å². The van der Waals surface area contributed by atoms with Crippen molar-refractivity contribution in [2.75, 3.05) is 46.4 Å². The number of allylic oxidation sites excluding steroid dienone is 2. The van der Waals surface area contributed by atoms with Crippen molar-refractivity contribution in [1.82, 2.24) is 9.80 Å². The molecule has 5 fully saturated rings. The van der Waals surface area contributed by atoms with Crippen LogP contribution in [0.2, 0.25) is 0 Å². The van der Waals surface area contributed by atoms with Gasteiger partial charge in [-0.05, 0) is 109 Å². The van der Waals surface area contributed by atoms with Gasteiger partial charge in [-0.15, -0.1) is 0 Å². The van der Waals surface area contributed by atoms with Gasteiger partial charge in [0.2, 0.25) is 5.91 Å². The molecule has 1 saturated heterocycles. The van der Waals surface area contributed by atoms with Crippen LogP contribution in [0, 0.1) is 62.6 Å². The lowest BCUT2D eigenvalue weighted by atomic mass is 9.33. The quantitative estimate of drug-likeness (QED) is 0.288. The summed E-state index contributed by atoms with van der Waals surface area (Å²) in [5.74, 6) is 2.92. The molecule has 1 amide bonds. The molecule has 0 aromatic carbocycles. The number of hydrogen-bond donors (Lipinski definition) is 1. The van der Waals surface area contributed by atoms with E-state index in [0.29, 0.717) is 42.0 Å². The summed E-state index contributed by atoms with van der Waals surface area (Å²) in [6.07, 6.45) is 12.5. The summed E-state index contributed by atoms with van der Waals surface area (Å²) in [7, 11) is 1.55. The average Bonchev–Trinajstić information content (AvgIpc) is 2.99. The van der Waals surface area contributed by atoms with E-state index in [9.17, 15) is 14.7 Å². The molecule has 0 aromatic heterocycles. The van der Waals surface area contributed by atoms with E-state index in [1.807, 2.05) is 0 Å². The van der Waals surface area contributed by atoms with Crippen molar-refractivity contribution in [1.29, 1.82) is 0 Å². The lowest BCUT2D eigenvalue weighted by molar-refractivity contribution is -0.202. The summed E-state index contributed by atoms with van der Waals surface area (Å²) in [6.45, 7) is 21.6. The van der Waals surface area contributed by atoms with E-state index in [1.165, 1.54) is 12.8 Å². The lowest BCUT2D eigenvalue weighted by Crippen LogP contribution is -2.66. The van der Waals surface area contributed by atoms with Crippen LogP contribution in [-0.2, 0) is 14.3 Å². The van der Waals surface area contributed by atoms with Gasteiger partial charge in [0.15, 0.2) is 0 Å². The van der Waals surface area contributed by atoms with E-state index in [2.05, 4.69) is 64.3 Å². The fourth-order valence-electron chi connectivity index (χ4n) is 13.1. The first kappa shape index (κ1) is 32.5. The average molecular weight is 611 g/mol. The van der Waals surface area contributed by atoms with Crippen molar-refractivity contribution >= 4 is 11.9 Å². The Morgan fingerprint density at radius 1 is 0.909 bits per heavy atom. The highest BCUT2D eigenvalue weighted by Gasteiger charge is 2.70. The number of hydrogen-bond acceptors (Lipinski definition) is 5. The first-order valence-electron chi connectivity index (χ1n) is 18.1. The summed E-state index contributed by atoms with van der Waals surface area (Å²) in [4.78, 5) is 32.2. The number of carbonyl (C=O) groups is 2. The number of amides is 1. The molecule has 5 aliphatic carbocycles. The Kier molecular flexibility index (Phi) is 8.21. The molecule has 6 aliphatic rings. The minimum atomic E-state index is -0.277. The van der Waals surface area contributed by atoms with Gasteiger partial charge in [0.05, 0.1) is 25.0 Å². The van der Waals surface area contributed by atoms with Crippen molar-refractivity contribution in [3.8, 4) is 0 Å². The molecule has 1 N–H and O–H groups in total. The summed E-state index contributed by atoms with van der Waals surface area (Å²) < 4.78 is 5.32. The van der Waals surface area contributed by atoms with Gasteiger partial charge in [-0.3, -0.25) is 14.5 Å². The molecule has 44 heavy (non-hydrogen) atoms. The summed E-state index contributed by atoms with van der Waals surface area (Å²) in [5.41, 5.74) is 1.75. The van der Waals surface area contributed by atoms with E-state index in [0.717, 1.165) is 71.1 Å². The zero-order valence-corrected chi connectivity index (χ0v) is 29.2. The predicted octanol–water partition coefficient (Wildman–Crippen LogP) is 6.57. The highest BCUT2D eigenvalue weighted by molar-refractivity contribution is 5.84. The molecule has 0 radical (unpaired) electrons. The molecule has 4 saturated carbocycles. The first-order valence-corrected chi connectivity index (χ1v) is 18.1. The largest absolute Gasteiger partial charge is 0.469 e. The SMILES string of the molecule is COC(=O)[C@H]1CC[C@@]2(C)C(CC[C@]3(C)C2CC=C2C4[C@@H](C)[C@H](C)CC[C@]4(C(=O)N4CCN(CCO)CC4)CC[C@]23C)C1(C)C. The van der Waals surface area contributed by atoms with Crippen LogP contribution in [0.25, 0.3) is 0 Å². The van der Waals surface area contributed by atoms with Crippen LogP contribution in [0.4, 0.5) is 0 Å². The van der Waals surface area contributed by atoms with E-state index in [4.69, 9.17) is 4.74 Å². The van der Waals surface area contributed by atoms with Gasteiger partial charge in [-0.25, -0.2) is 0 Å². The molecule has 6 rings (SSSR count). The third-order valence-corrected chi connectivity index (χ3v) is 16.0. The number of ether oxygens (including phenoxy) is 1. The topological polar surface area (TPSA) is 70.1 Å². The van der Waals surface area contributed by atoms with Gasteiger partial charge in [0.1, 0.15) is 0 Å². The highest BCUT2D eigenvalue weighted by atomic mass is 16.5. The smallest absolute Gasteiger partial charge is 0.309 e. The molecule has 0 spiro atoms. The molecule has 1 heterocycles. The summed E-state index contributed by atoms with van der Waals surface area (Å²) >= 11 is 0. The van der Waals surface area contributed by atoms with Gasteiger partial charge in [0.25, 0.3) is 0 Å². The third kappa shape index (κ3) is 4.38. The number of aliphatic hydroxyl groups excluding tert-OH is 1. The summed E-state index contributed by atoms with van der Waals surface area (Å²) in [6, 6.07) is 0. The molecule has 10 atom stereocenters. The number of fused-ring (bicyclic) bond motifs is 7. The van der Waals surface area contributed by atoms with Gasteiger partial charge in [-0.1, -0.05) is 60.1 Å². The van der Waals surface area contributed by atoms with Gasteiger partial charge >= 0.3 is 5.97 Å². The molecule has 6 nitrogen and oxygen atoms in total. The van der Waals surface area contributed by atoms with Crippen LogP contribution in [0.15, 0.2) is 11.6 Å². The van der Waals surface area contributed by atoms with Crippen LogP contribution < -0.4 is 0 Å². The second-order valence-corrected chi connectivity index (χ2v) is 17.6. The highest BCUT2D eigenvalue weighted by Crippen LogP contribution is 2.76. The molecular weight excluding hydrogens is 548 g/mol. The third-order valence-electron chi connectivity index (χ3n) is 16.0. The Morgan fingerprint density at radius 2 is 1.61 bits per heavy atom. The minimum absolute atomic E-state index is 0.0170. The fraction of sp³-hybridized carbons (Fsp3) is 0.895. The number of esters is 1. The van der Waals surface area contributed by atoms with Crippen LogP contribution >= 0.6 is 0 Å². The number of carbonyl (C=O) groups excluding carboxylic acids is 2. The number of nitrogens with zero attached hydrogens (tertiary/aromatic N) is 2. The number of aliphatic hydroxyl groups is 1. The number of rotatable bonds is 4. The molecule has 0 aromatic rings. The van der Waals surface area contributed by atoms with Crippen molar-refractivity contribution in [2.45, 2.75) is 106 Å². The standard InChI is InChI=1S/C38H62N2O4/c1-25-11-16-38(33(43)40-21-19-39(20-22-40)23-24-41)18-17-36(6)27(31(38)26(25)2)9-10-30-35(5)14-12-28(32(42)44-8)34(3,4)29(35)13-15-37(30,36)7/h9,25-26,28-31,41H,10-24H2,1-8H3/t25-,26+,28-,29?,30?,31?,35+,36-,37-,38+/m1/s1. The lowest BCUT2D eigenvalue weighted by Gasteiger charge is -2.71. The number of piperazine rings is 1. The van der Waals surface area contributed by atoms with Crippen LogP contribution in [0.1, 0.15) is 106 Å². The Labute approximate surface area is 267 Å². The normalized spacial score (nSPS) is 46.9. The van der Waals surface area contributed by atoms with Gasteiger partial charge in [-0.2, -0.15) is 0 Å². The Hall–Kier alpha value is -1.40. The van der Waals surface area contributed by atoms with Crippen molar-refractivity contribution < 1.29 is 19.4 Å². The zero-order chi connectivity index (χ0) is 31.9. The number of methoxy groups -OCH3 is 1. The molecule has 6 heteroatoms. The first-order chi connectivity index (χ1) is 20.7. The predicted molar refractivity (Wildman–Crippen MR) is 175 cm³/mol. The zero-order valence-electron chi connectivity index (χ0n) is 29.2. The van der Waals surface area contributed by atoms with E-state index in [-0.39, 0.29) is 45.6 Å². The van der Waals surface area contributed by atoms with Crippen LogP contribution in [0.3, 0.4) is 0 Å². The Bertz CT molecular complexity index is 1170. The van der Waals surface area contributed by atoms with Gasteiger partial charge in [0, 0.05) is 32.7 Å². The van der Waals surface area contributed by atoms with Crippen LogP contribution in [0.5, 0.6) is 0 Å². The molecule has 3 unspecified atom stereocenters. The van der Waals surface area contributed by atoms with E-state index >= 15 is 0 Å². The number of β-amino-alcohol motifs (C(OH)–C–C–N with tert-alkyl or cyclic N) is 1. The van der Waals surface area contributed by atoms with Gasteiger partial charge < -0.3 is 14.7 Å². The maximum atomic E-state index is 14.8. The van der Waals surface area contributed by atoms with Crippen molar-refractivity contribution in [3.63, 3.8) is 0 Å².